The quantitative estimate of drug-likeness (QED) is 0.683. The minimum atomic E-state index is -0.605. The van der Waals surface area contributed by atoms with E-state index in [4.69, 9.17) is 10.5 Å². The van der Waals surface area contributed by atoms with Gasteiger partial charge in [-0.3, -0.25) is 0 Å². The van der Waals surface area contributed by atoms with Crippen LogP contribution in [0.15, 0.2) is 40.9 Å². The first kappa shape index (κ1) is 14.5. The van der Waals surface area contributed by atoms with Crippen LogP contribution in [0.25, 0.3) is 0 Å². The number of esters is 1. The molecule has 5 heteroatoms. The molecule has 0 aliphatic heterocycles. The number of anilines is 1. The average molecular weight is 338 g/mol. The smallest absolute Gasteiger partial charge is 0.338 e. The van der Waals surface area contributed by atoms with E-state index in [0.29, 0.717) is 5.56 Å². The normalized spacial score (nSPS) is 10.3. The maximum Gasteiger partial charge on any atom is 0.338 e. The molecule has 0 spiro atoms. The summed E-state index contributed by atoms with van der Waals surface area (Å²) in [6.45, 7) is 1.66. The second-order valence-electron chi connectivity index (χ2n) is 4.34. The Hall–Kier alpha value is -1.88. The molecule has 0 aliphatic carbocycles. The third-order valence-corrected chi connectivity index (χ3v) is 3.71. The van der Waals surface area contributed by atoms with Gasteiger partial charge >= 0.3 is 5.97 Å². The standard InChI is InChI=1S/C15H13BrFNO2/c1-9-13(17)6-11(7-14(9)18)15(19)20-8-10-4-2-3-5-12(10)16/h2-7H,8,18H2,1H3. The van der Waals surface area contributed by atoms with Gasteiger partial charge < -0.3 is 10.5 Å². The Kier molecular flexibility index (Phi) is 4.39. The number of nitrogen functional groups attached to an aromatic ring is 1. The summed E-state index contributed by atoms with van der Waals surface area (Å²) in [4.78, 5) is 11.9. The summed E-state index contributed by atoms with van der Waals surface area (Å²) < 4.78 is 19.5. The summed E-state index contributed by atoms with van der Waals surface area (Å²) in [7, 11) is 0. The lowest BCUT2D eigenvalue weighted by atomic mass is 10.1. The van der Waals surface area contributed by atoms with Gasteiger partial charge in [-0.25, -0.2) is 9.18 Å². The van der Waals surface area contributed by atoms with Crippen molar-refractivity contribution in [2.45, 2.75) is 13.5 Å². The van der Waals surface area contributed by atoms with Crippen LogP contribution in [0.2, 0.25) is 0 Å². The molecule has 0 aromatic heterocycles. The van der Waals surface area contributed by atoms with E-state index in [1.807, 2.05) is 24.3 Å². The fraction of sp³-hybridized carbons (Fsp3) is 0.133. The van der Waals surface area contributed by atoms with E-state index in [0.717, 1.165) is 16.1 Å². The van der Waals surface area contributed by atoms with Gasteiger partial charge in [0.25, 0.3) is 0 Å². The zero-order valence-electron chi connectivity index (χ0n) is 10.8. The molecule has 0 unspecified atom stereocenters. The van der Waals surface area contributed by atoms with E-state index in [1.54, 1.807) is 6.92 Å². The zero-order valence-corrected chi connectivity index (χ0v) is 12.4. The summed E-state index contributed by atoms with van der Waals surface area (Å²) in [6, 6.07) is 9.95. The second kappa shape index (κ2) is 6.05. The topological polar surface area (TPSA) is 52.3 Å². The molecule has 20 heavy (non-hydrogen) atoms. The van der Waals surface area contributed by atoms with Crippen LogP contribution in [0.4, 0.5) is 10.1 Å². The van der Waals surface area contributed by atoms with Gasteiger partial charge in [-0.2, -0.15) is 0 Å². The molecule has 0 atom stereocenters. The van der Waals surface area contributed by atoms with Crippen molar-refractivity contribution in [2.75, 3.05) is 5.73 Å². The minimum absolute atomic E-state index is 0.107. The van der Waals surface area contributed by atoms with Crippen LogP contribution in [0.3, 0.4) is 0 Å². The van der Waals surface area contributed by atoms with Crippen LogP contribution < -0.4 is 5.73 Å². The van der Waals surface area contributed by atoms with Gasteiger partial charge in [-0.15, -0.1) is 0 Å². The number of carbonyl (C=O) groups is 1. The highest BCUT2D eigenvalue weighted by Crippen LogP contribution is 2.20. The Balaban J connectivity index is 2.11. The van der Waals surface area contributed by atoms with Gasteiger partial charge in [0, 0.05) is 21.3 Å². The van der Waals surface area contributed by atoms with Crippen LogP contribution in [0.5, 0.6) is 0 Å². The molecule has 104 valence electrons. The van der Waals surface area contributed by atoms with Crippen LogP contribution >= 0.6 is 15.9 Å². The molecule has 0 fully saturated rings. The van der Waals surface area contributed by atoms with E-state index in [-0.39, 0.29) is 17.9 Å². The van der Waals surface area contributed by atoms with Gasteiger partial charge in [0.15, 0.2) is 0 Å². The highest BCUT2D eigenvalue weighted by Gasteiger charge is 2.13. The Bertz CT molecular complexity index is 635. The number of halogens is 2. The Morgan fingerprint density at radius 3 is 2.70 bits per heavy atom. The molecule has 0 amide bonds. The van der Waals surface area contributed by atoms with Crippen LogP contribution in [-0.4, -0.2) is 5.97 Å². The molecule has 0 saturated carbocycles. The molecule has 0 heterocycles. The fourth-order valence-corrected chi connectivity index (χ4v) is 2.06. The second-order valence-corrected chi connectivity index (χ2v) is 5.19. The first-order valence-electron chi connectivity index (χ1n) is 5.95. The number of carbonyl (C=O) groups excluding carboxylic acids is 1. The van der Waals surface area contributed by atoms with Crippen molar-refractivity contribution in [3.63, 3.8) is 0 Å². The Morgan fingerprint density at radius 1 is 1.35 bits per heavy atom. The van der Waals surface area contributed by atoms with Crippen molar-refractivity contribution >= 4 is 27.6 Å². The summed E-state index contributed by atoms with van der Waals surface area (Å²) >= 11 is 3.36. The summed E-state index contributed by atoms with van der Waals surface area (Å²) in [5.41, 5.74) is 7.14. The molecular formula is C15H13BrFNO2. The minimum Gasteiger partial charge on any atom is -0.457 e. The zero-order chi connectivity index (χ0) is 14.7. The van der Waals surface area contributed by atoms with Crippen molar-refractivity contribution in [3.05, 3.63) is 63.4 Å². The average Bonchev–Trinajstić information content (AvgIpc) is 2.43. The van der Waals surface area contributed by atoms with Crippen molar-refractivity contribution in [1.29, 1.82) is 0 Å². The van der Waals surface area contributed by atoms with E-state index in [2.05, 4.69) is 15.9 Å². The molecule has 0 aliphatic rings. The number of hydrogen-bond donors (Lipinski definition) is 1. The molecule has 2 aromatic carbocycles. The lowest BCUT2D eigenvalue weighted by Gasteiger charge is -2.08. The van der Waals surface area contributed by atoms with Crippen LogP contribution in [-0.2, 0) is 11.3 Å². The highest BCUT2D eigenvalue weighted by atomic mass is 79.9. The Morgan fingerprint density at radius 2 is 2.05 bits per heavy atom. The first-order valence-corrected chi connectivity index (χ1v) is 6.74. The molecule has 2 rings (SSSR count). The van der Waals surface area contributed by atoms with Crippen molar-refractivity contribution in [3.8, 4) is 0 Å². The highest BCUT2D eigenvalue weighted by molar-refractivity contribution is 9.10. The Labute approximate surface area is 124 Å². The van der Waals surface area contributed by atoms with E-state index in [9.17, 15) is 9.18 Å². The molecule has 0 bridgehead atoms. The largest absolute Gasteiger partial charge is 0.457 e. The van der Waals surface area contributed by atoms with Crippen molar-refractivity contribution in [1.82, 2.24) is 0 Å². The third-order valence-electron chi connectivity index (χ3n) is 2.94. The number of rotatable bonds is 3. The summed E-state index contributed by atoms with van der Waals surface area (Å²) in [5.74, 6) is -1.12. The van der Waals surface area contributed by atoms with Crippen LogP contribution in [0, 0.1) is 12.7 Å². The van der Waals surface area contributed by atoms with E-state index < -0.39 is 11.8 Å². The maximum atomic E-state index is 13.5. The maximum absolute atomic E-state index is 13.5. The lowest BCUT2D eigenvalue weighted by Crippen LogP contribution is -2.07. The molecule has 0 radical (unpaired) electrons. The number of ether oxygens (including phenoxy) is 1. The van der Waals surface area contributed by atoms with E-state index in [1.165, 1.54) is 6.07 Å². The van der Waals surface area contributed by atoms with Gasteiger partial charge in [-0.05, 0) is 25.1 Å². The summed E-state index contributed by atoms with van der Waals surface area (Å²) in [6.07, 6.45) is 0. The first-order chi connectivity index (χ1) is 9.49. The monoisotopic (exact) mass is 337 g/mol. The predicted molar refractivity (Wildman–Crippen MR) is 78.8 cm³/mol. The van der Waals surface area contributed by atoms with Crippen LogP contribution in [0.1, 0.15) is 21.5 Å². The van der Waals surface area contributed by atoms with Gasteiger partial charge in [0.2, 0.25) is 0 Å². The van der Waals surface area contributed by atoms with Gasteiger partial charge in [0.05, 0.1) is 5.56 Å². The lowest BCUT2D eigenvalue weighted by molar-refractivity contribution is 0.0471. The predicted octanol–water partition coefficient (Wildman–Crippen LogP) is 3.84. The fourth-order valence-electron chi connectivity index (χ4n) is 1.66. The molecular weight excluding hydrogens is 325 g/mol. The molecule has 2 N–H and O–H groups in total. The summed E-state index contributed by atoms with van der Waals surface area (Å²) in [5, 5.41) is 0. The third kappa shape index (κ3) is 3.17. The molecule has 3 nitrogen and oxygen atoms in total. The SMILES string of the molecule is Cc1c(N)cc(C(=O)OCc2ccccc2Br)cc1F. The van der Waals surface area contributed by atoms with Gasteiger partial charge in [0.1, 0.15) is 12.4 Å². The molecule has 0 saturated heterocycles. The van der Waals surface area contributed by atoms with E-state index >= 15 is 0 Å². The number of hydrogen-bond acceptors (Lipinski definition) is 3. The van der Waals surface area contributed by atoms with Crippen molar-refractivity contribution < 1.29 is 13.9 Å². The number of benzene rings is 2. The van der Waals surface area contributed by atoms with Crippen molar-refractivity contribution in [2.24, 2.45) is 0 Å². The number of nitrogens with two attached hydrogens (primary N) is 1. The van der Waals surface area contributed by atoms with Gasteiger partial charge in [-0.1, -0.05) is 34.1 Å². The molecule has 2 aromatic rings.